The fourth-order valence-electron chi connectivity index (χ4n) is 1.65. The van der Waals surface area contributed by atoms with Gasteiger partial charge in [-0.2, -0.15) is 0 Å². The van der Waals surface area contributed by atoms with Gasteiger partial charge in [0.2, 0.25) is 0 Å². The van der Waals surface area contributed by atoms with Crippen molar-refractivity contribution >= 4 is 10.9 Å². The van der Waals surface area contributed by atoms with Crippen LogP contribution in [0.3, 0.4) is 0 Å². The Morgan fingerprint density at radius 1 is 1.29 bits per heavy atom. The van der Waals surface area contributed by atoms with Crippen molar-refractivity contribution in [2.24, 2.45) is 0 Å². The first-order chi connectivity index (χ1) is 6.77. The molecule has 0 N–H and O–H groups in total. The number of alkyl halides is 1. The molecule has 0 spiro atoms. The highest BCUT2D eigenvalue weighted by molar-refractivity contribution is 5.79. The van der Waals surface area contributed by atoms with E-state index in [9.17, 15) is 4.39 Å². The van der Waals surface area contributed by atoms with Gasteiger partial charge in [-0.05, 0) is 30.9 Å². The minimum absolute atomic E-state index is 0.582. The first-order valence-corrected chi connectivity index (χ1v) is 4.95. The molecule has 1 atom stereocenters. The van der Waals surface area contributed by atoms with Gasteiger partial charge in [0.15, 0.2) is 0 Å². The molecule has 2 aromatic rings. The zero-order valence-corrected chi connectivity index (χ0v) is 8.28. The largest absolute Gasteiger partial charge is 0.347 e. The Hall–Kier alpha value is -1.31. The quantitative estimate of drug-likeness (QED) is 0.700. The van der Waals surface area contributed by atoms with Crippen molar-refractivity contribution in [1.82, 2.24) is 4.57 Å². The van der Waals surface area contributed by atoms with Gasteiger partial charge in [-0.25, -0.2) is 4.39 Å². The lowest BCUT2D eigenvalue weighted by Crippen LogP contribution is -2.02. The van der Waals surface area contributed by atoms with Crippen LogP contribution >= 0.6 is 0 Å². The number of rotatable bonds is 3. The van der Waals surface area contributed by atoms with Crippen molar-refractivity contribution < 1.29 is 4.39 Å². The number of aromatic nitrogens is 1. The summed E-state index contributed by atoms with van der Waals surface area (Å²) < 4.78 is 14.8. The predicted octanol–water partition coefficient (Wildman–Crippen LogP) is 3.39. The molecule has 0 fully saturated rings. The molecule has 1 aromatic carbocycles. The van der Waals surface area contributed by atoms with Crippen LogP contribution in [0, 0.1) is 0 Å². The molecule has 0 saturated carbocycles. The number of hydrogen-bond donors (Lipinski definition) is 0. The summed E-state index contributed by atoms with van der Waals surface area (Å²) in [6.07, 6.45) is 1.88. The average Bonchev–Trinajstić information content (AvgIpc) is 2.58. The summed E-state index contributed by atoms with van der Waals surface area (Å²) in [5.41, 5.74) is 1.19. The molecule has 2 rings (SSSR count). The average molecular weight is 191 g/mol. The van der Waals surface area contributed by atoms with Crippen molar-refractivity contribution in [3.05, 3.63) is 36.5 Å². The Bertz CT molecular complexity index is 417. The van der Waals surface area contributed by atoms with E-state index in [1.807, 2.05) is 18.3 Å². The fourth-order valence-corrected chi connectivity index (χ4v) is 1.65. The highest BCUT2D eigenvalue weighted by Crippen LogP contribution is 2.15. The van der Waals surface area contributed by atoms with Crippen LogP contribution in [-0.2, 0) is 6.54 Å². The van der Waals surface area contributed by atoms with Crippen LogP contribution in [0.5, 0.6) is 0 Å². The zero-order chi connectivity index (χ0) is 9.97. The fraction of sp³-hybridized carbons (Fsp3) is 0.333. The molecular weight excluding hydrogens is 177 g/mol. The van der Waals surface area contributed by atoms with E-state index >= 15 is 0 Å². The number of fused-ring (bicyclic) bond motifs is 1. The molecule has 0 aliphatic rings. The summed E-state index contributed by atoms with van der Waals surface area (Å²) in [5.74, 6) is 0. The van der Waals surface area contributed by atoms with Crippen LogP contribution in [0.2, 0.25) is 0 Å². The van der Waals surface area contributed by atoms with Crippen molar-refractivity contribution in [3.63, 3.8) is 0 Å². The molecule has 0 aliphatic carbocycles. The van der Waals surface area contributed by atoms with Gasteiger partial charge in [0, 0.05) is 18.3 Å². The van der Waals surface area contributed by atoms with Crippen molar-refractivity contribution in [1.29, 1.82) is 0 Å². The molecule has 14 heavy (non-hydrogen) atoms. The second-order valence-electron chi connectivity index (χ2n) is 3.64. The lowest BCUT2D eigenvalue weighted by Gasteiger charge is -2.05. The second-order valence-corrected chi connectivity index (χ2v) is 3.64. The molecule has 1 unspecified atom stereocenters. The summed E-state index contributed by atoms with van der Waals surface area (Å²) in [6, 6.07) is 10.2. The molecule has 2 heteroatoms. The van der Waals surface area contributed by atoms with E-state index in [2.05, 4.69) is 22.8 Å². The summed E-state index contributed by atoms with van der Waals surface area (Å²) in [4.78, 5) is 0. The van der Waals surface area contributed by atoms with E-state index in [-0.39, 0.29) is 0 Å². The highest BCUT2D eigenvalue weighted by atomic mass is 19.1. The minimum atomic E-state index is -0.726. The van der Waals surface area contributed by atoms with E-state index in [0.29, 0.717) is 6.42 Å². The number of halogens is 1. The summed E-state index contributed by atoms with van der Waals surface area (Å²) in [7, 11) is 0. The number of para-hydroxylation sites is 1. The Morgan fingerprint density at radius 2 is 2.07 bits per heavy atom. The Kier molecular flexibility index (Phi) is 2.53. The number of nitrogens with zero attached hydrogens (tertiary/aromatic N) is 1. The van der Waals surface area contributed by atoms with Gasteiger partial charge in [-0.15, -0.1) is 0 Å². The lowest BCUT2D eigenvalue weighted by molar-refractivity contribution is 0.327. The number of aryl methyl sites for hydroxylation is 1. The van der Waals surface area contributed by atoms with Crippen LogP contribution in [-0.4, -0.2) is 10.7 Å². The first-order valence-electron chi connectivity index (χ1n) is 4.95. The van der Waals surface area contributed by atoms with Crippen LogP contribution in [0.15, 0.2) is 36.5 Å². The van der Waals surface area contributed by atoms with E-state index in [0.717, 1.165) is 6.54 Å². The molecule has 0 saturated heterocycles. The molecule has 1 aromatic heterocycles. The van der Waals surface area contributed by atoms with Crippen LogP contribution in [0.1, 0.15) is 13.3 Å². The Labute approximate surface area is 83.2 Å². The number of hydrogen-bond acceptors (Lipinski definition) is 0. The predicted molar refractivity (Wildman–Crippen MR) is 57.1 cm³/mol. The van der Waals surface area contributed by atoms with Crippen molar-refractivity contribution in [2.75, 3.05) is 0 Å². The van der Waals surface area contributed by atoms with Crippen LogP contribution in [0.25, 0.3) is 10.9 Å². The van der Waals surface area contributed by atoms with Gasteiger partial charge in [-0.3, -0.25) is 0 Å². The smallest absolute Gasteiger partial charge is 0.0990 e. The maximum atomic E-state index is 12.7. The van der Waals surface area contributed by atoms with Crippen LogP contribution in [0.4, 0.5) is 4.39 Å². The normalized spacial score (nSPS) is 13.3. The SMILES string of the molecule is CC(F)CCn1ccc2ccccc21. The highest BCUT2D eigenvalue weighted by Gasteiger charge is 2.02. The Morgan fingerprint density at radius 3 is 2.86 bits per heavy atom. The summed E-state index contributed by atoms with van der Waals surface area (Å²) >= 11 is 0. The van der Waals surface area contributed by atoms with E-state index < -0.39 is 6.17 Å². The monoisotopic (exact) mass is 191 g/mol. The van der Waals surface area contributed by atoms with Crippen LogP contribution < -0.4 is 0 Å². The molecule has 0 amide bonds. The molecule has 74 valence electrons. The minimum Gasteiger partial charge on any atom is -0.347 e. The van der Waals surface area contributed by atoms with Crippen molar-refractivity contribution in [3.8, 4) is 0 Å². The maximum absolute atomic E-state index is 12.7. The maximum Gasteiger partial charge on any atom is 0.0990 e. The molecule has 1 heterocycles. The van der Waals surface area contributed by atoms with E-state index in [1.54, 1.807) is 6.92 Å². The molecule has 0 bridgehead atoms. The molecule has 0 radical (unpaired) electrons. The molecule has 0 aliphatic heterocycles. The molecule has 1 nitrogen and oxygen atoms in total. The second kappa shape index (κ2) is 3.82. The number of benzene rings is 1. The first kappa shape index (κ1) is 9.25. The van der Waals surface area contributed by atoms with Gasteiger partial charge in [0.05, 0.1) is 6.17 Å². The third-order valence-corrected chi connectivity index (χ3v) is 2.45. The standard InChI is InChI=1S/C12H14FN/c1-10(13)6-8-14-9-7-11-4-2-3-5-12(11)14/h2-5,7,9-10H,6,8H2,1H3. The third kappa shape index (κ3) is 1.79. The van der Waals surface area contributed by atoms with E-state index in [1.165, 1.54) is 10.9 Å². The summed E-state index contributed by atoms with van der Waals surface area (Å²) in [6.45, 7) is 2.36. The molecular formula is C12H14FN. The van der Waals surface area contributed by atoms with E-state index in [4.69, 9.17) is 0 Å². The topological polar surface area (TPSA) is 4.93 Å². The van der Waals surface area contributed by atoms with Gasteiger partial charge in [-0.1, -0.05) is 18.2 Å². The van der Waals surface area contributed by atoms with Gasteiger partial charge >= 0.3 is 0 Å². The third-order valence-electron chi connectivity index (χ3n) is 2.45. The summed E-state index contributed by atoms with van der Waals surface area (Å²) in [5, 5.41) is 1.22. The zero-order valence-electron chi connectivity index (χ0n) is 8.28. The van der Waals surface area contributed by atoms with Crippen molar-refractivity contribution in [2.45, 2.75) is 26.1 Å². The van der Waals surface area contributed by atoms with Gasteiger partial charge in [0.1, 0.15) is 0 Å². The van der Waals surface area contributed by atoms with Gasteiger partial charge < -0.3 is 4.57 Å². The Balaban J connectivity index is 2.25. The lowest BCUT2D eigenvalue weighted by atomic mass is 10.2. The van der Waals surface area contributed by atoms with Gasteiger partial charge in [0.25, 0.3) is 0 Å².